The van der Waals surface area contributed by atoms with E-state index in [-0.39, 0.29) is 5.91 Å². The molecule has 0 radical (unpaired) electrons. The van der Waals surface area contributed by atoms with Gasteiger partial charge in [0.05, 0.1) is 10.9 Å². The van der Waals surface area contributed by atoms with Crippen molar-refractivity contribution in [1.82, 2.24) is 10.2 Å². The number of rotatable bonds is 3. The van der Waals surface area contributed by atoms with Gasteiger partial charge in [-0.15, -0.1) is 11.3 Å². The summed E-state index contributed by atoms with van der Waals surface area (Å²) in [5, 5.41) is 5.18. The van der Waals surface area contributed by atoms with Gasteiger partial charge in [0.2, 0.25) is 0 Å². The molecule has 1 amide bonds. The summed E-state index contributed by atoms with van der Waals surface area (Å²) in [6.45, 7) is 3.94. The van der Waals surface area contributed by atoms with Crippen LogP contribution in [0.3, 0.4) is 0 Å². The molecule has 0 spiro atoms. The maximum absolute atomic E-state index is 12.1. The molecule has 2 rings (SSSR count). The second-order valence-electron chi connectivity index (χ2n) is 3.86. The summed E-state index contributed by atoms with van der Waals surface area (Å²) in [5.41, 5.74) is 1.17. The first kappa shape index (κ1) is 10.6. The fraction of sp³-hybridized carbons (Fsp3) is 0.545. The molecule has 1 saturated heterocycles. The van der Waals surface area contributed by atoms with Gasteiger partial charge in [0.15, 0.2) is 0 Å². The Labute approximate surface area is 94.1 Å². The molecule has 4 heteroatoms. The highest BCUT2D eigenvalue weighted by Crippen LogP contribution is 2.20. The zero-order valence-corrected chi connectivity index (χ0v) is 9.93. The van der Waals surface area contributed by atoms with Crippen LogP contribution >= 0.6 is 11.3 Å². The highest BCUT2D eigenvalue weighted by Gasteiger charge is 2.27. The van der Waals surface area contributed by atoms with E-state index in [0.29, 0.717) is 6.04 Å². The number of carbonyl (C=O) groups excluding carboxylic acids is 1. The lowest BCUT2D eigenvalue weighted by atomic mass is 10.1. The number of thiophene rings is 1. The average molecular weight is 224 g/mol. The maximum Gasteiger partial charge on any atom is 0.264 e. The minimum atomic E-state index is 0.174. The molecular weight excluding hydrogens is 208 g/mol. The van der Waals surface area contributed by atoms with E-state index >= 15 is 0 Å². The van der Waals surface area contributed by atoms with Gasteiger partial charge < -0.3 is 10.2 Å². The van der Waals surface area contributed by atoms with Crippen LogP contribution in [0, 0.1) is 0 Å². The Morgan fingerprint density at radius 1 is 1.67 bits per heavy atom. The third-order valence-corrected chi connectivity index (χ3v) is 3.89. The van der Waals surface area contributed by atoms with E-state index < -0.39 is 0 Å². The van der Waals surface area contributed by atoms with Gasteiger partial charge in [-0.2, -0.15) is 0 Å². The maximum atomic E-state index is 12.1. The van der Waals surface area contributed by atoms with E-state index in [1.54, 1.807) is 11.3 Å². The third-order valence-electron chi connectivity index (χ3n) is 2.95. The molecule has 82 valence electrons. The van der Waals surface area contributed by atoms with Gasteiger partial charge in [0, 0.05) is 20.1 Å². The fourth-order valence-corrected chi connectivity index (χ4v) is 2.65. The molecule has 3 nitrogen and oxygen atoms in total. The van der Waals surface area contributed by atoms with Crippen LogP contribution in [-0.2, 0) is 6.42 Å². The van der Waals surface area contributed by atoms with Crippen molar-refractivity contribution in [2.75, 3.05) is 20.1 Å². The second kappa shape index (κ2) is 4.33. The summed E-state index contributed by atoms with van der Waals surface area (Å²) in [4.78, 5) is 14.9. The quantitative estimate of drug-likeness (QED) is 0.840. The van der Waals surface area contributed by atoms with Crippen LogP contribution in [0.2, 0.25) is 0 Å². The smallest absolute Gasteiger partial charge is 0.264 e. The largest absolute Gasteiger partial charge is 0.335 e. The zero-order chi connectivity index (χ0) is 10.8. The number of aryl methyl sites for hydroxylation is 1. The van der Waals surface area contributed by atoms with Crippen LogP contribution < -0.4 is 5.32 Å². The standard InChI is InChI=1S/C11H16N2OS/c1-3-8-4-5-15-10(8)11(14)13(2)9-6-12-7-9/h4-5,9,12H,3,6-7H2,1-2H3. The van der Waals surface area contributed by atoms with Crippen molar-refractivity contribution in [3.05, 3.63) is 21.9 Å². The fourth-order valence-electron chi connectivity index (χ4n) is 1.68. The Morgan fingerprint density at radius 2 is 2.40 bits per heavy atom. The molecule has 1 aliphatic heterocycles. The Hall–Kier alpha value is -0.870. The predicted octanol–water partition coefficient (Wildman–Crippen LogP) is 1.35. The lowest BCUT2D eigenvalue weighted by molar-refractivity contribution is 0.0685. The van der Waals surface area contributed by atoms with Crippen LogP contribution in [0.4, 0.5) is 0 Å². The van der Waals surface area contributed by atoms with Crippen molar-refractivity contribution in [3.63, 3.8) is 0 Å². The Bertz CT molecular complexity index is 357. The van der Waals surface area contributed by atoms with E-state index in [0.717, 1.165) is 24.4 Å². The van der Waals surface area contributed by atoms with Crippen molar-refractivity contribution in [1.29, 1.82) is 0 Å². The van der Waals surface area contributed by atoms with Gasteiger partial charge in [-0.05, 0) is 23.4 Å². The number of amides is 1. The van der Waals surface area contributed by atoms with Crippen molar-refractivity contribution in [3.8, 4) is 0 Å². The molecule has 1 fully saturated rings. The second-order valence-corrected chi connectivity index (χ2v) is 4.77. The zero-order valence-electron chi connectivity index (χ0n) is 9.12. The van der Waals surface area contributed by atoms with Gasteiger partial charge in [-0.1, -0.05) is 6.92 Å². The van der Waals surface area contributed by atoms with E-state index in [1.807, 2.05) is 23.4 Å². The first-order valence-electron chi connectivity index (χ1n) is 5.28. The van der Waals surface area contributed by atoms with Crippen LogP contribution in [0.1, 0.15) is 22.2 Å². The molecule has 1 aromatic rings. The summed E-state index contributed by atoms with van der Waals surface area (Å²) in [6.07, 6.45) is 0.932. The van der Waals surface area contributed by atoms with E-state index in [1.165, 1.54) is 5.56 Å². The van der Waals surface area contributed by atoms with Crippen molar-refractivity contribution < 1.29 is 4.79 Å². The number of nitrogens with one attached hydrogen (secondary N) is 1. The molecule has 15 heavy (non-hydrogen) atoms. The Kier molecular flexibility index (Phi) is 3.07. The van der Waals surface area contributed by atoms with Gasteiger partial charge in [0.25, 0.3) is 5.91 Å². The van der Waals surface area contributed by atoms with Crippen LogP contribution in [0.15, 0.2) is 11.4 Å². The van der Waals surface area contributed by atoms with Crippen LogP contribution in [-0.4, -0.2) is 37.0 Å². The summed E-state index contributed by atoms with van der Waals surface area (Å²) >= 11 is 1.55. The SMILES string of the molecule is CCc1ccsc1C(=O)N(C)C1CNC1. The molecule has 1 aromatic heterocycles. The first-order chi connectivity index (χ1) is 7.24. The first-order valence-corrected chi connectivity index (χ1v) is 6.16. The monoisotopic (exact) mass is 224 g/mol. The number of likely N-dealkylation sites (N-methyl/N-ethyl adjacent to an activating group) is 1. The van der Waals surface area contributed by atoms with E-state index in [2.05, 4.69) is 12.2 Å². The number of hydrogen-bond acceptors (Lipinski definition) is 3. The molecule has 2 heterocycles. The van der Waals surface area contributed by atoms with Crippen molar-refractivity contribution >= 4 is 17.2 Å². The molecule has 0 aromatic carbocycles. The molecule has 0 saturated carbocycles. The highest BCUT2D eigenvalue weighted by atomic mass is 32.1. The molecule has 0 bridgehead atoms. The molecule has 0 aliphatic carbocycles. The topological polar surface area (TPSA) is 32.3 Å². The number of hydrogen-bond donors (Lipinski definition) is 1. The Morgan fingerprint density at radius 3 is 2.93 bits per heavy atom. The molecule has 0 atom stereocenters. The average Bonchev–Trinajstić information content (AvgIpc) is 2.61. The number of carbonyl (C=O) groups is 1. The summed E-state index contributed by atoms with van der Waals surface area (Å²) in [5.74, 6) is 0.174. The third kappa shape index (κ3) is 1.92. The molecule has 1 N–H and O–H groups in total. The van der Waals surface area contributed by atoms with Crippen molar-refractivity contribution in [2.24, 2.45) is 0 Å². The molecule has 0 unspecified atom stereocenters. The van der Waals surface area contributed by atoms with Crippen molar-refractivity contribution in [2.45, 2.75) is 19.4 Å². The molecular formula is C11H16N2OS. The summed E-state index contributed by atoms with van der Waals surface area (Å²) in [7, 11) is 1.90. The van der Waals surface area contributed by atoms with Gasteiger partial charge in [-0.3, -0.25) is 4.79 Å². The lowest BCUT2D eigenvalue weighted by Crippen LogP contribution is -2.57. The van der Waals surface area contributed by atoms with E-state index in [4.69, 9.17) is 0 Å². The number of nitrogens with zero attached hydrogens (tertiary/aromatic N) is 1. The normalized spacial score (nSPS) is 16.1. The van der Waals surface area contributed by atoms with Crippen LogP contribution in [0.25, 0.3) is 0 Å². The lowest BCUT2D eigenvalue weighted by Gasteiger charge is -2.35. The highest BCUT2D eigenvalue weighted by molar-refractivity contribution is 7.12. The van der Waals surface area contributed by atoms with Gasteiger partial charge in [0.1, 0.15) is 0 Å². The predicted molar refractivity (Wildman–Crippen MR) is 62.4 cm³/mol. The van der Waals surface area contributed by atoms with Gasteiger partial charge >= 0.3 is 0 Å². The van der Waals surface area contributed by atoms with E-state index in [9.17, 15) is 4.79 Å². The summed E-state index contributed by atoms with van der Waals surface area (Å²) < 4.78 is 0. The Balaban J connectivity index is 2.12. The molecule has 1 aliphatic rings. The summed E-state index contributed by atoms with van der Waals surface area (Å²) in [6, 6.07) is 2.43. The minimum absolute atomic E-state index is 0.174. The van der Waals surface area contributed by atoms with Crippen LogP contribution in [0.5, 0.6) is 0 Å². The van der Waals surface area contributed by atoms with Gasteiger partial charge in [-0.25, -0.2) is 0 Å². The minimum Gasteiger partial charge on any atom is -0.335 e.